The van der Waals surface area contributed by atoms with Crippen molar-refractivity contribution >= 4 is 37.5 Å². The van der Waals surface area contributed by atoms with Crippen LogP contribution in [0.4, 0.5) is 0 Å². The van der Waals surface area contributed by atoms with Crippen LogP contribution in [0.5, 0.6) is 0 Å². The lowest BCUT2D eigenvalue weighted by Gasteiger charge is -2.39. The minimum atomic E-state index is -3.46. The summed E-state index contributed by atoms with van der Waals surface area (Å²) >= 11 is 0. The normalized spacial score (nSPS) is 20.0. The second kappa shape index (κ2) is 10.5. The molecule has 2 heterocycles. The molecule has 4 aromatic carbocycles. The topological polar surface area (TPSA) is 60.9 Å². The van der Waals surface area contributed by atoms with Crippen LogP contribution in [0.15, 0.2) is 89.8 Å². The lowest BCUT2D eigenvalue weighted by molar-refractivity contribution is 0.0557. The second-order valence-electron chi connectivity index (χ2n) is 10.3. The van der Waals surface area contributed by atoms with Gasteiger partial charge in [0.05, 0.1) is 10.5 Å². The van der Waals surface area contributed by atoms with Crippen molar-refractivity contribution in [1.29, 1.82) is 0 Å². The van der Waals surface area contributed by atoms with E-state index in [0.717, 1.165) is 59.5 Å². The first kappa shape index (κ1) is 25.0. The Balaban J connectivity index is 1.15. The summed E-state index contributed by atoms with van der Waals surface area (Å²) in [6, 6.07) is 27.5. The molecule has 2 aliphatic rings. The van der Waals surface area contributed by atoms with Gasteiger partial charge in [0.2, 0.25) is 10.0 Å². The quantitative estimate of drug-likeness (QED) is 0.351. The first-order valence-corrected chi connectivity index (χ1v) is 15.0. The summed E-state index contributed by atoms with van der Waals surface area (Å²) in [5.74, 6) is 0.0960. The van der Waals surface area contributed by atoms with Gasteiger partial charge in [0, 0.05) is 45.3 Å². The molecular weight excluding hydrogens is 494 g/mol. The zero-order chi connectivity index (χ0) is 26.1. The van der Waals surface area contributed by atoms with Crippen molar-refractivity contribution in [2.24, 2.45) is 0 Å². The van der Waals surface area contributed by atoms with Crippen molar-refractivity contribution in [1.82, 2.24) is 14.1 Å². The zero-order valence-electron chi connectivity index (χ0n) is 21.5. The highest BCUT2D eigenvalue weighted by atomic mass is 32.2. The van der Waals surface area contributed by atoms with Gasteiger partial charge < -0.3 is 4.90 Å². The molecule has 2 aliphatic heterocycles. The fraction of sp³-hybridized carbons (Fsp3) is 0.323. The van der Waals surface area contributed by atoms with Crippen molar-refractivity contribution in [2.45, 2.75) is 30.2 Å². The van der Waals surface area contributed by atoms with Crippen LogP contribution in [-0.4, -0.2) is 73.7 Å². The molecule has 6 nitrogen and oxygen atoms in total. The van der Waals surface area contributed by atoms with Gasteiger partial charge in [-0.25, -0.2) is 8.42 Å². The van der Waals surface area contributed by atoms with E-state index in [9.17, 15) is 13.2 Å². The molecule has 0 saturated carbocycles. The van der Waals surface area contributed by atoms with E-state index in [-0.39, 0.29) is 5.91 Å². The molecule has 6 rings (SSSR count). The number of hydrogen-bond donors (Lipinski definition) is 0. The molecule has 4 aromatic rings. The molecule has 7 heteroatoms. The Hall–Kier alpha value is -3.26. The number of carbonyl (C=O) groups excluding carboxylic acids is 1. The predicted molar refractivity (Wildman–Crippen MR) is 152 cm³/mol. The molecule has 0 spiro atoms. The molecule has 0 aromatic heterocycles. The van der Waals surface area contributed by atoms with Gasteiger partial charge in [-0.1, -0.05) is 66.7 Å². The van der Waals surface area contributed by atoms with Gasteiger partial charge in [-0.3, -0.25) is 9.69 Å². The van der Waals surface area contributed by atoms with Gasteiger partial charge in [-0.05, 0) is 59.0 Å². The molecule has 0 radical (unpaired) electrons. The van der Waals surface area contributed by atoms with E-state index < -0.39 is 10.0 Å². The highest BCUT2D eigenvalue weighted by Gasteiger charge is 2.32. The number of amides is 1. The molecule has 2 fully saturated rings. The van der Waals surface area contributed by atoms with E-state index in [2.05, 4.69) is 23.1 Å². The molecule has 0 aliphatic carbocycles. The van der Waals surface area contributed by atoms with E-state index in [4.69, 9.17) is 0 Å². The minimum Gasteiger partial charge on any atom is -0.336 e. The Morgan fingerprint density at radius 1 is 0.684 bits per heavy atom. The summed E-state index contributed by atoms with van der Waals surface area (Å²) in [6.07, 6.45) is 2.63. The maximum Gasteiger partial charge on any atom is 0.255 e. The van der Waals surface area contributed by atoms with E-state index in [0.29, 0.717) is 37.1 Å². The Bertz CT molecular complexity index is 1510. The smallest absolute Gasteiger partial charge is 0.255 e. The fourth-order valence-corrected chi connectivity index (χ4v) is 7.61. The summed E-state index contributed by atoms with van der Waals surface area (Å²) in [4.78, 5) is 18.7. The summed E-state index contributed by atoms with van der Waals surface area (Å²) in [7, 11) is -3.46. The van der Waals surface area contributed by atoms with Crippen LogP contribution in [0, 0.1) is 0 Å². The van der Waals surface area contributed by atoms with Crippen molar-refractivity contribution in [3.63, 3.8) is 0 Å². The highest BCUT2D eigenvalue weighted by Crippen LogP contribution is 2.30. The molecule has 1 unspecified atom stereocenters. The van der Waals surface area contributed by atoms with Gasteiger partial charge in [0.25, 0.3) is 5.91 Å². The number of fused-ring (bicyclic) bond motifs is 2. The number of hydrogen-bond acceptors (Lipinski definition) is 4. The molecule has 196 valence electrons. The standard InChI is InChI=1S/C31H33N3O3S/c35-31(30-28-14-6-4-9-24(28)23-25-10-5-7-15-29(25)30)33-21-19-32(20-22-33)26-11-8-17-34(18-16-26)38(36,37)27-12-2-1-3-13-27/h1-7,9-10,12-15,23,26H,8,11,16-22H2. The maximum absolute atomic E-state index is 13.9. The number of nitrogens with zero attached hydrogens (tertiary/aromatic N) is 3. The summed E-state index contributed by atoms with van der Waals surface area (Å²) in [6.45, 7) is 4.07. The van der Waals surface area contributed by atoms with Crippen LogP contribution < -0.4 is 0 Å². The van der Waals surface area contributed by atoms with Crippen LogP contribution in [0.1, 0.15) is 29.6 Å². The van der Waals surface area contributed by atoms with Crippen molar-refractivity contribution in [2.75, 3.05) is 39.3 Å². The minimum absolute atomic E-state index is 0.0960. The first-order valence-electron chi connectivity index (χ1n) is 13.5. The van der Waals surface area contributed by atoms with Gasteiger partial charge in [-0.15, -0.1) is 0 Å². The fourth-order valence-electron chi connectivity index (χ4n) is 6.09. The SMILES string of the molecule is O=C(c1c2ccccc2cc2ccccc12)N1CCN(C2CCCN(S(=O)(=O)c3ccccc3)CC2)CC1. The first-order chi connectivity index (χ1) is 18.5. The largest absolute Gasteiger partial charge is 0.336 e. The Morgan fingerprint density at radius 2 is 1.29 bits per heavy atom. The van der Waals surface area contributed by atoms with E-state index >= 15 is 0 Å². The maximum atomic E-state index is 13.9. The third-order valence-corrected chi connectivity index (χ3v) is 10.1. The second-order valence-corrected chi connectivity index (χ2v) is 12.3. The third-order valence-electron chi connectivity index (χ3n) is 8.14. The molecule has 0 N–H and O–H groups in total. The van der Waals surface area contributed by atoms with Crippen LogP contribution in [0.25, 0.3) is 21.5 Å². The average Bonchev–Trinajstić information content (AvgIpc) is 3.23. The van der Waals surface area contributed by atoms with E-state index in [1.54, 1.807) is 28.6 Å². The molecule has 38 heavy (non-hydrogen) atoms. The van der Waals surface area contributed by atoms with Crippen molar-refractivity contribution < 1.29 is 13.2 Å². The third kappa shape index (κ3) is 4.70. The number of sulfonamides is 1. The summed E-state index contributed by atoms with van der Waals surface area (Å²) in [5, 5.41) is 4.17. The van der Waals surface area contributed by atoms with Gasteiger partial charge in [0.15, 0.2) is 0 Å². The molecule has 2 saturated heterocycles. The Kier molecular flexibility index (Phi) is 6.91. The summed E-state index contributed by atoms with van der Waals surface area (Å²) in [5.41, 5.74) is 0.795. The van der Waals surface area contributed by atoms with Crippen molar-refractivity contribution in [3.05, 3.63) is 90.5 Å². The zero-order valence-corrected chi connectivity index (χ0v) is 22.3. The molecular formula is C31H33N3O3S. The van der Waals surface area contributed by atoms with E-state index in [1.165, 1.54) is 0 Å². The number of rotatable bonds is 4. The molecule has 0 bridgehead atoms. The lowest BCUT2D eigenvalue weighted by atomic mass is 9.95. The van der Waals surface area contributed by atoms with Crippen LogP contribution in [-0.2, 0) is 10.0 Å². The summed E-state index contributed by atoms with van der Waals surface area (Å²) < 4.78 is 27.9. The lowest BCUT2D eigenvalue weighted by Crippen LogP contribution is -2.52. The number of benzene rings is 4. The van der Waals surface area contributed by atoms with Crippen LogP contribution in [0.2, 0.25) is 0 Å². The molecule has 1 amide bonds. The van der Waals surface area contributed by atoms with Gasteiger partial charge in [0.1, 0.15) is 0 Å². The Labute approximate surface area is 224 Å². The van der Waals surface area contributed by atoms with Crippen LogP contribution >= 0.6 is 0 Å². The molecule has 1 atom stereocenters. The Morgan fingerprint density at radius 3 is 1.95 bits per heavy atom. The van der Waals surface area contributed by atoms with Crippen LogP contribution in [0.3, 0.4) is 0 Å². The van der Waals surface area contributed by atoms with Gasteiger partial charge >= 0.3 is 0 Å². The van der Waals surface area contributed by atoms with Gasteiger partial charge in [-0.2, -0.15) is 4.31 Å². The number of carbonyl (C=O) groups is 1. The monoisotopic (exact) mass is 527 g/mol. The van der Waals surface area contributed by atoms with Crippen molar-refractivity contribution in [3.8, 4) is 0 Å². The highest BCUT2D eigenvalue weighted by molar-refractivity contribution is 7.89. The predicted octanol–water partition coefficient (Wildman–Crippen LogP) is 4.99. The number of piperazine rings is 1. The van der Waals surface area contributed by atoms with E-state index in [1.807, 2.05) is 47.4 Å². The average molecular weight is 528 g/mol.